The van der Waals surface area contributed by atoms with Crippen molar-refractivity contribution < 1.29 is 41.2 Å². The maximum Gasteiger partial charge on any atom is 0.407 e. The molecule has 0 amide bonds. The first-order valence-electron chi connectivity index (χ1n) is 6.15. The first kappa shape index (κ1) is 16.0. The maximum atomic E-state index is 11.4. The quantitative estimate of drug-likeness (QED) is 0.597. The number of aliphatic hydroxyl groups is 2. The van der Waals surface area contributed by atoms with E-state index in [9.17, 15) is 13.5 Å². The Hall–Kier alpha value is -0.330. The molecule has 2 aliphatic rings. The van der Waals surface area contributed by atoms with E-state index in [0.29, 0.717) is 0 Å². The molecule has 10 heteroatoms. The van der Waals surface area contributed by atoms with Gasteiger partial charge in [-0.2, -0.15) is 12.6 Å². The number of aliphatic hydroxyl groups excluding tert-OH is 1. The summed E-state index contributed by atoms with van der Waals surface area (Å²) in [7, 11) is -4.40. The molecule has 0 saturated carbocycles. The minimum absolute atomic E-state index is 0.0382. The third-order valence-corrected chi connectivity index (χ3v) is 3.58. The SMILES string of the molecule is CC(C)CC1(O)OS(=O)(=O)OC12OC(COCCO)O2. The van der Waals surface area contributed by atoms with Gasteiger partial charge in [0.2, 0.25) is 0 Å². The van der Waals surface area contributed by atoms with Gasteiger partial charge in [0.25, 0.3) is 5.79 Å². The molecule has 9 nitrogen and oxygen atoms in total. The van der Waals surface area contributed by atoms with Gasteiger partial charge in [0.05, 0.1) is 19.8 Å². The topological polar surface area (TPSA) is 121 Å². The van der Waals surface area contributed by atoms with Crippen molar-refractivity contribution in [3.63, 3.8) is 0 Å². The molecule has 2 heterocycles. The summed E-state index contributed by atoms with van der Waals surface area (Å²) >= 11 is 0. The van der Waals surface area contributed by atoms with Crippen LogP contribution < -0.4 is 0 Å². The zero-order valence-electron chi connectivity index (χ0n) is 11.1. The molecule has 2 fully saturated rings. The lowest BCUT2D eigenvalue weighted by atomic mass is 10.0. The molecule has 0 aromatic rings. The van der Waals surface area contributed by atoms with Crippen LogP contribution >= 0.6 is 0 Å². The summed E-state index contributed by atoms with van der Waals surface area (Å²) < 4.78 is 47.2. The standard InChI is InChI=1S/C10H18O9S/c1-7(2)5-9(12)10(19-20(13,14)18-9)16-8(17-10)6-15-4-3-11/h7-8,11-12H,3-6H2,1-2H3. The number of hydrogen-bond donors (Lipinski definition) is 2. The van der Waals surface area contributed by atoms with Crippen molar-refractivity contribution in [2.75, 3.05) is 19.8 Å². The number of ether oxygens (including phenoxy) is 3. The highest BCUT2D eigenvalue weighted by Gasteiger charge is 2.73. The van der Waals surface area contributed by atoms with E-state index in [1.807, 2.05) is 0 Å². The average Bonchev–Trinajstić information content (AvgIpc) is 2.42. The van der Waals surface area contributed by atoms with Crippen LogP contribution in [0.15, 0.2) is 0 Å². The van der Waals surface area contributed by atoms with Crippen LogP contribution in [0.25, 0.3) is 0 Å². The summed E-state index contributed by atoms with van der Waals surface area (Å²) in [4.78, 5) is 0. The molecule has 2 N–H and O–H groups in total. The molecule has 1 atom stereocenters. The van der Waals surface area contributed by atoms with Crippen LogP contribution in [0.1, 0.15) is 20.3 Å². The van der Waals surface area contributed by atoms with E-state index in [1.165, 1.54) is 0 Å². The Bertz CT molecular complexity index is 442. The predicted octanol–water partition coefficient (Wildman–Crippen LogP) is -0.952. The van der Waals surface area contributed by atoms with E-state index in [0.717, 1.165) is 0 Å². The lowest BCUT2D eigenvalue weighted by Crippen LogP contribution is -2.67. The van der Waals surface area contributed by atoms with Gasteiger partial charge in [-0.3, -0.25) is 9.47 Å². The van der Waals surface area contributed by atoms with E-state index < -0.39 is 28.4 Å². The highest BCUT2D eigenvalue weighted by molar-refractivity contribution is 7.82. The van der Waals surface area contributed by atoms with Crippen LogP contribution in [0.3, 0.4) is 0 Å². The number of hydrogen-bond acceptors (Lipinski definition) is 9. The zero-order chi connectivity index (χ0) is 15.0. The Balaban J connectivity index is 2.03. The molecule has 1 unspecified atom stereocenters. The van der Waals surface area contributed by atoms with Crippen molar-refractivity contribution in [3.05, 3.63) is 0 Å². The minimum Gasteiger partial charge on any atom is -0.394 e. The van der Waals surface area contributed by atoms with E-state index in [-0.39, 0.29) is 32.2 Å². The van der Waals surface area contributed by atoms with Gasteiger partial charge in [0.1, 0.15) is 0 Å². The first-order valence-corrected chi connectivity index (χ1v) is 7.48. The summed E-state index contributed by atoms with van der Waals surface area (Å²) in [5, 5.41) is 18.9. The average molecular weight is 314 g/mol. The first-order chi connectivity index (χ1) is 9.22. The zero-order valence-corrected chi connectivity index (χ0v) is 12.0. The largest absolute Gasteiger partial charge is 0.407 e. The van der Waals surface area contributed by atoms with Crippen LogP contribution in [0.5, 0.6) is 0 Å². The lowest BCUT2D eigenvalue weighted by molar-refractivity contribution is -0.569. The van der Waals surface area contributed by atoms with Gasteiger partial charge in [0, 0.05) is 6.42 Å². The second-order valence-electron chi connectivity index (χ2n) is 4.98. The number of rotatable bonds is 6. The van der Waals surface area contributed by atoms with Crippen molar-refractivity contribution in [1.29, 1.82) is 0 Å². The Kier molecular flexibility index (Phi) is 4.38. The Morgan fingerprint density at radius 1 is 1.30 bits per heavy atom. The predicted molar refractivity (Wildman–Crippen MR) is 62.1 cm³/mol. The summed E-state index contributed by atoms with van der Waals surface area (Å²) in [6, 6.07) is 0. The molecule has 2 saturated heterocycles. The van der Waals surface area contributed by atoms with Gasteiger partial charge < -0.3 is 14.9 Å². The van der Waals surface area contributed by atoms with E-state index >= 15 is 0 Å². The molecule has 0 bridgehead atoms. The molecular formula is C10H18O9S. The maximum absolute atomic E-state index is 11.4. The summed E-state index contributed by atoms with van der Waals surface area (Å²) in [6.45, 7) is 3.41. The summed E-state index contributed by atoms with van der Waals surface area (Å²) in [5.41, 5.74) is 0. The van der Waals surface area contributed by atoms with Crippen LogP contribution in [-0.4, -0.2) is 56.5 Å². The lowest BCUT2D eigenvalue weighted by Gasteiger charge is -2.47. The van der Waals surface area contributed by atoms with Gasteiger partial charge in [-0.05, 0) is 5.92 Å². The second kappa shape index (κ2) is 5.46. The fourth-order valence-electron chi connectivity index (χ4n) is 2.04. The van der Waals surface area contributed by atoms with Gasteiger partial charge in [-0.1, -0.05) is 13.8 Å². The second-order valence-corrected chi connectivity index (χ2v) is 6.13. The van der Waals surface area contributed by atoms with Crippen LogP contribution in [0.4, 0.5) is 0 Å². The highest BCUT2D eigenvalue weighted by atomic mass is 32.3. The molecule has 20 heavy (non-hydrogen) atoms. The minimum atomic E-state index is -4.40. The molecule has 0 aromatic heterocycles. The van der Waals surface area contributed by atoms with Crippen molar-refractivity contribution in [1.82, 2.24) is 0 Å². The third-order valence-electron chi connectivity index (χ3n) is 2.68. The van der Waals surface area contributed by atoms with Crippen molar-refractivity contribution >= 4 is 10.4 Å². The van der Waals surface area contributed by atoms with E-state index in [1.54, 1.807) is 13.8 Å². The molecule has 0 aromatic carbocycles. The molecule has 2 rings (SSSR count). The third kappa shape index (κ3) is 2.97. The van der Waals surface area contributed by atoms with Crippen LogP contribution in [0, 0.1) is 5.92 Å². The Morgan fingerprint density at radius 3 is 2.50 bits per heavy atom. The smallest absolute Gasteiger partial charge is 0.394 e. The molecule has 0 radical (unpaired) electrons. The van der Waals surface area contributed by atoms with Crippen molar-refractivity contribution in [3.8, 4) is 0 Å². The molecule has 118 valence electrons. The van der Waals surface area contributed by atoms with Gasteiger partial charge >= 0.3 is 16.4 Å². The van der Waals surface area contributed by atoms with Crippen molar-refractivity contribution in [2.45, 2.75) is 38.3 Å². The van der Waals surface area contributed by atoms with Gasteiger partial charge in [-0.15, -0.1) is 0 Å². The van der Waals surface area contributed by atoms with Gasteiger partial charge in [-0.25, -0.2) is 4.18 Å². The summed E-state index contributed by atoms with van der Waals surface area (Å²) in [5.74, 6) is -4.53. The summed E-state index contributed by atoms with van der Waals surface area (Å²) in [6.07, 6.45) is -0.965. The fourth-order valence-corrected chi connectivity index (χ4v) is 3.06. The van der Waals surface area contributed by atoms with Crippen LogP contribution in [0.2, 0.25) is 0 Å². The molecule has 2 aliphatic heterocycles. The Labute approximate surface area is 116 Å². The van der Waals surface area contributed by atoms with Crippen molar-refractivity contribution in [2.24, 2.45) is 5.92 Å². The van der Waals surface area contributed by atoms with Crippen LogP contribution in [-0.2, 0) is 33.0 Å². The molecular weight excluding hydrogens is 296 g/mol. The highest BCUT2D eigenvalue weighted by Crippen LogP contribution is 2.50. The Morgan fingerprint density at radius 2 is 1.95 bits per heavy atom. The van der Waals surface area contributed by atoms with E-state index in [2.05, 4.69) is 8.37 Å². The fraction of sp³-hybridized carbons (Fsp3) is 1.00. The normalized spacial score (nSPS) is 39.4. The molecule has 0 aliphatic carbocycles. The van der Waals surface area contributed by atoms with E-state index in [4.69, 9.17) is 19.3 Å². The molecule has 1 spiro atoms. The van der Waals surface area contributed by atoms with Gasteiger partial charge in [0.15, 0.2) is 6.29 Å². The monoisotopic (exact) mass is 314 g/mol.